The first kappa shape index (κ1) is 13.1. The molecule has 1 aliphatic rings. The van der Waals surface area contributed by atoms with Crippen LogP contribution >= 0.6 is 20.7 Å². The van der Waals surface area contributed by atoms with Crippen molar-refractivity contribution in [3.8, 4) is 0 Å². The molecule has 1 aliphatic heterocycles. The van der Waals surface area contributed by atoms with Gasteiger partial charge in [-0.05, 0) is 22.5 Å². The first-order valence-corrected chi connectivity index (χ1v) is 8.15. The van der Waals surface area contributed by atoms with E-state index >= 15 is 0 Å². The van der Waals surface area contributed by atoms with E-state index in [9.17, 15) is 0 Å². The summed E-state index contributed by atoms with van der Waals surface area (Å²) in [5, 5.41) is 0. The zero-order valence-electron chi connectivity index (χ0n) is 9.71. The van der Waals surface area contributed by atoms with Crippen LogP contribution in [0, 0.1) is 5.92 Å². The van der Waals surface area contributed by atoms with Crippen LogP contribution in [0.3, 0.4) is 0 Å². The number of rotatable bonds is 7. The van der Waals surface area contributed by atoms with Gasteiger partial charge in [-0.1, -0.05) is 66.0 Å². The molecule has 86 valence electrons. The molecular weight excluding hydrogens is 299 g/mol. The normalized spacial score (nSPS) is 17.1. The minimum absolute atomic E-state index is 0.0251. The van der Waals surface area contributed by atoms with Crippen LogP contribution in [0.15, 0.2) is 22.3 Å². The summed E-state index contributed by atoms with van der Waals surface area (Å²) in [4.78, 5) is 0. The fraction of sp³-hybridized carbons (Fsp3) is 0.615. The van der Waals surface area contributed by atoms with E-state index in [-0.39, 0.29) is 20.7 Å². The van der Waals surface area contributed by atoms with Crippen LogP contribution in [-0.4, -0.2) is 10.3 Å². The summed E-state index contributed by atoms with van der Waals surface area (Å²) in [5.74, 6) is 0.751. The Bertz CT molecular complexity index is 253. The zero-order valence-corrected chi connectivity index (χ0v) is 11.9. The molecule has 0 N–H and O–H groups in total. The number of hydrogen-bond donors (Lipinski definition) is 0. The van der Waals surface area contributed by atoms with Crippen molar-refractivity contribution in [3.63, 3.8) is 0 Å². The topological polar surface area (TPSA) is 9.23 Å². The van der Waals surface area contributed by atoms with Crippen molar-refractivity contribution in [2.45, 2.75) is 39.5 Å². The molecule has 1 nitrogen and oxygen atoms in total. The van der Waals surface area contributed by atoms with Crippen LogP contribution in [0.2, 0.25) is 0 Å². The second kappa shape index (κ2) is 8.22. The molecule has 0 bridgehead atoms. The van der Waals surface area contributed by atoms with Crippen molar-refractivity contribution in [2.24, 2.45) is 5.92 Å². The first-order valence-electron chi connectivity index (χ1n) is 5.83. The summed E-state index contributed by atoms with van der Waals surface area (Å²) in [6.07, 6.45) is 11.5. The van der Waals surface area contributed by atoms with Crippen molar-refractivity contribution >= 4 is 24.4 Å². The van der Waals surface area contributed by atoms with Gasteiger partial charge in [-0.3, -0.25) is 0 Å². The Labute approximate surface area is 103 Å². The number of ether oxygens (including phenoxy) is 1. The molecule has 0 saturated carbocycles. The highest BCUT2D eigenvalue weighted by molar-refractivity contribution is 14.2. The summed E-state index contributed by atoms with van der Waals surface area (Å²) in [7, 11) is 0. The van der Waals surface area contributed by atoms with E-state index in [2.05, 4.69) is 36.2 Å². The molecule has 0 aromatic heterocycles. The average molecular weight is 320 g/mol. The van der Waals surface area contributed by atoms with Crippen molar-refractivity contribution in [1.82, 2.24) is 0 Å². The Morgan fingerprint density at radius 2 is 2.20 bits per heavy atom. The van der Waals surface area contributed by atoms with Gasteiger partial charge in [-0.25, -0.2) is 0 Å². The maximum absolute atomic E-state index is 5.86. The van der Waals surface area contributed by atoms with Gasteiger partial charge in [0.05, 0.1) is 6.61 Å². The molecule has 1 heterocycles. The zero-order chi connectivity index (χ0) is 10.9. The van der Waals surface area contributed by atoms with Crippen LogP contribution in [0.4, 0.5) is 0 Å². The maximum atomic E-state index is 5.86. The van der Waals surface area contributed by atoms with Crippen LogP contribution in [-0.2, 0) is 4.74 Å². The average Bonchev–Trinajstić information content (AvgIpc) is 2.31. The molecule has 0 saturated heterocycles. The Balaban J connectivity index is 2.24. The van der Waals surface area contributed by atoms with Gasteiger partial charge in [0, 0.05) is 0 Å². The van der Waals surface area contributed by atoms with Crippen LogP contribution in [0.1, 0.15) is 39.5 Å². The Morgan fingerprint density at radius 3 is 2.80 bits per heavy atom. The molecule has 0 amide bonds. The van der Waals surface area contributed by atoms with E-state index in [1.807, 2.05) is 0 Å². The summed E-state index contributed by atoms with van der Waals surface area (Å²) in [6, 6.07) is 0. The first-order chi connectivity index (χ1) is 7.36. The summed E-state index contributed by atoms with van der Waals surface area (Å²) in [5.41, 5.74) is 0. The lowest BCUT2D eigenvalue weighted by molar-refractivity contribution is 0.230. The van der Waals surface area contributed by atoms with Crippen molar-refractivity contribution in [1.29, 1.82) is 0 Å². The third-order valence-electron chi connectivity index (χ3n) is 2.58. The van der Waals surface area contributed by atoms with E-state index in [4.69, 9.17) is 4.74 Å². The van der Waals surface area contributed by atoms with Crippen LogP contribution < -0.4 is 0 Å². The van der Waals surface area contributed by atoms with Crippen molar-refractivity contribution in [3.05, 3.63) is 22.3 Å². The van der Waals surface area contributed by atoms with Gasteiger partial charge < -0.3 is 4.74 Å². The number of halogens is 1. The van der Waals surface area contributed by atoms with E-state index in [0.717, 1.165) is 12.5 Å². The van der Waals surface area contributed by atoms with Gasteiger partial charge in [-0.2, -0.15) is 0 Å². The molecule has 0 aromatic carbocycles. The van der Waals surface area contributed by atoms with Crippen LogP contribution in [0.25, 0.3) is 0 Å². The van der Waals surface area contributed by atoms with Crippen LogP contribution in [0.5, 0.6) is 0 Å². The monoisotopic (exact) mass is 320 g/mol. The largest absolute Gasteiger partial charge is 0.340 e. The molecule has 0 spiro atoms. The lowest BCUT2D eigenvalue weighted by Crippen LogP contribution is -2.11. The smallest absolute Gasteiger partial charge is 0.107 e. The van der Waals surface area contributed by atoms with Gasteiger partial charge in [0.25, 0.3) is 0 Å². The predicted octanol–water partition coefficient (Wildman–Crippen LogP) is 4.40. The lowest BCUT2D eigenvalue weighted by Gasteiger charge is -2.14. The molecule has 15 heavy (non-hydrogen) atoms. The quantitative estimate of drug-likeness (QED) is 0.632. The molecule has 0 aromatic rings. The number of hydrogen-bond acceptors (Lipinski definition) is 1. The maximum Gasteiger partial charge on any atom is 0.107 e. The predicted molar refractivity (Wildman–Crippen MR) is 76.6 cm³/mol. The van der Waals surface area contributed by atoms with Gasteiger partial charge in [0.2, 0.25) is 0 Å². The summed E-state index contributed by atoms with van der Waals surface area (Å²) >= 11 is 0.0251. The lowest BCUT2D eigenvalue weighted by atomic mass is 10.0. The highest BCUT2D eigenvalue weighted by atomic mass is 127. The van der Waals surface area contributed by atoms with E-state index in [1.54, 1.807) is 0 Å². The van der Waals surface area contributed by atoms with Gasteiger partial charge >= 0.3 is 0 Å². The molecule has 0 aliphatic carbocycles. The molecule has 1 atom stereocenters. The van der Waals surface area contributed by atoms with Crippen molar-refractivity contribution in [2.75, 3.05) is 6.61 Å². The standard InChI is InChI=1S/C13H21IO/c1-3-5-8-12(4-2)11-15-13-9-6-7-10-14-13/h6-7,9-10,12H,3-5,8,11H2,1-2H3. The fourth-order valence-electron chi connectivity index (χ4n) is 1.48. The SMILES string of the molecule is CCCCC(CC)COC1=IC=CC=C1. The van der Waals surface area contributed by atoms with E-state index < -0.39 is 0 Å². The molecular formula is C13H21IO. The summed E-state index contributed by atoms with van der Waals surface area (Å²) in [6.45, 7) is 5.44. The fourth-order valence-corrected chi connectivity index (χ4v) is 3.06. The Morgan fingerprint density at radius 1 is 1.33 bits per heavy atom. The molecule has 1 rings (SSSR count). The highest BCUT2D eigenvalue weighted by Crippen LogP contribution is 2.16. The number of unbranched alkanes of at least 4 members (excludes halogenated alkanes) is 1. The molecule has 2 heteroatoms. The Kier molecular flexibility index (Phi) is 7.18. The minimum atomic E-state index is 0.0251. The Hall–Kier alpha value is 0.0400. The van der Waals surface area contributed by atoms with Gasteiger partial charge in [0.15, 0.2) is 0 Å². The second-order valence-electron chi connectivity index (χ2n) is 3.82. The third-order valence-corrected chi connectivity index (χ3v) is 4.64. The molecule has 0 fully saturated rings. The second-order valence-corrected chi connectivity index (χ2v) is 6.22. The van der Waals surface area contributed by atoms with Crippen molar-refractivity contribution < 1.29 is 4.74 Å². The molecule has 0 radical (unpaired) electrons. The molecule has 1 unspecified atom stereocenters. The van der Waals surface area contributed by atoms with Gasteiger partial charge in [0.1, 0.15) is 3.69 Å². The van der Waals surface area contributed by atoms with E-state index in [0.29, 0.717) is 0 Å². The highest BCUT2D eigenvalue weighted by Gasteiger charge is 2.07. The minimum Gasteiger partial charge on any atom is -0.340 e. The number of allylic oxidation sites excluding steroid dienone is 2. The van der Waals surface area contributed by atoms with Gasteiger partial charge in [-0.15, -0.1) is 0 Å². The third kappa shape index (κ3) is 5.61. The van der Waals surface area contributed by atoms with E-state index in [1.165, 1.54) is 29.4 Å². The summed E-state index contributed by atoms with van der Waals surface area (Å²) < 4.78 is 9.34.